The van der Waals surface area contributed by atoms with E-state index in [0.29, 0.717) is 41.0 Å². The van der Waals surface area contributed by atoms with Crippen LogP contribution < -0.4 is 14.9 Å². The van der Waals surface area contributed by atoms with Crippen LogP contribution in [0.4, 0.5) is 0 Å². The van der Waals surface area contributed by atoms with E-state index in [4.69, 9.17) is 13.9 Å². The van der Waals surface area contributed by atoms with Gasteiger partial charge in [-0.2, -0.15) is 0 Å². The van der Waals surface area contributed by atoms with Gasteiger partial charge in [0.2, 0.25) is 5.76 Å². The van der Waals surface area contributed by atoms with Gasteiger partial charge in [0.15, 0.2) is 16.9 Å². The van der Waals surface area contributed by atoms with E-state index in [1.165, 1.54) is 0 Å². The Labute approximate surface area is 202 Å². The van der Waals surface area contributed by atoms with Crippen LogP contribution in [0.3, 0.4) is 0 Å². The van der Waals surface area contributed by atoms with Gasteiger partial charge in [-0.15, -0.1) is 0 Å². The summed E-state index contributed by atoms with van der Waals surface area (Å²) in [5.74, 6) is 1.07. The first-order valence-corrected chi connectivity index (χ1v) is 11.3. The summed E-state index contributed by atoms with van der Waals surface area (Å²) >= 11 is 0. The fourth-order valence-electron chi connectivity index (χ4n) is 4.65. The zero-order valence-corrected chi connectivity index (χ0v) is 19.7. The van der Waals surface area contributed by atoms with Gasteiger partial charge in [0.25, 0.3) is 5.91 Å². The molecule has 4 aromatic rings. The van der Waals surface area contributed by atoms with Crippen LogP contribution in [0.2, 0.25) is 0 Å². The summed E-state index contributed by atoms with van der Waals surface area (Å²) in [5.41, 5.74) is 3.10. The smallest absolute Gasteiger partial charge is 0.290 e. The van der Waals surface area contributed by atoms with Crippen LogP contribution in [0, 0.1) is 6.92 Å². The molecule has 0 saturated carbocycles. The summed E-state index contributed by atoms with van der Waals surface area (Å²) in [4.78, 5) is 28.8. The molecule has 1 aliphatic rings. The number of ether oxygens (including phenoxy) is 2. The average molecular weight is 472 g/mol. The van der Waals surface area contributed by atoms with E-state index in [-0.39, 0.29) is 22.8 Å². The summed E-state index contributed by atoms with van der Waals surface area (Å²) in [6.45, 7) is 2.25. The quantitative estimate of drug-likeness (QED) is 0.442. The van der Waals surface area contributed by atoms with Crippen molar-refractivity contribution in [3.8, 4) is 17.2 Å². The number of phenolic OH excluding ortho intramolecular Hbond substituents is 1. The minimum absolute atomic E-state index is 0.0664. The van der Waals surface area contributed by atoms with E-state index >= 15 is 0 Å². The van der Waals surface area contributed by atoms with Crippen molar-refractivity contribution in [2.24, 2.45) is 0 Å². The van der Waals surface area contributed by atoms with Crippen molar-refractivity contribution in [3.63, 3.8) is 0 Å². The summed E-state index contributed by atoms with van der Waals surface area (Å²) in [6, 6.07) is 16.9. The largest absolute Gasteiger partial charge is 0.508 e. The molecule has 2 heterocycles. The van der Waals surface area contributed by atoms with E-state index in [1.54, 1.807) is 55.5 Å². The highest BCUT2D eigenvalue weighted by Gasteiger charge is 2.42. The van der Waals surface area contributed by atoms with Gasteiger partial charge in [-0.25, -0.2) is 0 Å². The van der Waals surface area contributed by atoms with Crippen LogP contribution in [-0.2, 0) is 6.42 Å². The summed E-state index contributed by atoms with van der Waals surface area (Å²) in [6.07, 6.45) is 0.529. The van der Waals surface area contributed by atoms with Gasteiger partial charge in [-0.3, -0.25) is 9.59 Å². The third kappa shape index (κ3) is 3.89. The number of aromatic hydroxyl groups is 1. The zero-order chi connectivity index (χ0) is 24.7. The Morgan fingerprint density at radius 3 is 2.40 bits per heavy atom. The zero-order valence-electron chi connectivity index (χ0n) is 19.7. The van der Waals surface area contributed by atoms with Gasteiger partial charge >= 0.3 is 0 Å². The van der Waals surface area contributed by atoms with Gasteiger partial charge in [0.05, 0.1) is 31.2 Å². The second-order valence-electron chi connectivity index (χ2n) is 8.61. The van der Waals surface area contributed by atoms with Crippen LogP contribution in [0.15, 0.2) is 69.9 Å². The SMILES string of the molecule is COc1ccc(CCN2C(=O)c3oc4ccc(C)cc4c(=O)c3C2c2ccc(O)cc2)cc1OC. The fraction of sp³-hybridized carbons (Fsp3) is 0.214. The Balaban J connectivity index is 1.58. The lowest BCUT2D eigenvalue weighted by atomic mass is 9.98. The molecule has 0 aliphatic carbocycles. The lowest BCUT2D eigenvalue weighted by Gasteiger charge is -2.25. The normalized spacial score (nSPS) is 14.9. The van der Waals surface area contributed by atoms with Crippen LogP contribution in [0.25, 0.3) is 11.0 Å². The van der Waals surface area contributed by atoms with Gasteiger partial charge in [-0.05, 0) is 60.9 Å². The molecule has 0 saturated heterocycles. The predicted molar refractivity (Wildman–Crippen MR) is 131 cm³/mol. The Morgan fingerprint density at radius 1 is 0.943 bits per heavy atom. The molecule has 1 atom stereocenters. The van der Waals surface area contributed by atoms with Crippen molar-refractivity contribution in [3.05, 3.63) is 98.9 Å². The van der Waals surface area contributed by atoms with Crippen molar-refractivity contribution in [1.82, 2.24) is 4.90 Å². The van der Waals surface area contributed by atoms with Gasteiger partial charge in [-0.1, -0.05) is 29.8 Å². The first-order valence-electron chi connectivity index (χ1n) is 11.3. The standard InChI is InChI=1S/C28H25NO6/c1-16-4-10-21-20(14-16)26(31)24-25(18-6-8-19(30)9-7-18)29(28(32)27(24)35-21)13-12-17-5-11-22(33-2)23(15-17)34-3/h4-11,14-15,25,30H,12-13H2,1-3H3. The third-order valence-corrected chi connectivity index (χ3v) is 6.42. The van der Waals surface area contributed by atoms with E-state index in [0.717, 1.165) is 16.7 Å². The summed E-state index contributed by atoms with van der Waals surface area (Å²) < 4.78 is 16.7. The molecule has 1 amide bonds. The minimum atomic E-state index is -0.626. The molecule has 0 fully saturated rings. The monoisotopic (exact) mass is 471 g/mol. The third-order valence-electron chi connectivity index (χ3n) is 6.42. The Morgan fingerprint density at radius 2 is 1.69 bits per heavy atom. The molecular weight excluding hydrogens is 446 g/mol. The first-order chi connectivity index (χ1) is 16.9. The molecule has 35 heavy (non-hydrogen) atoms. The number of fused-ring (bicyclic) bond motifs is 2. The molecule has 1 aromatic heterocycles. The number of carbonyl (C=O) groups is 1. The fourth-order valence-corrected chi connectivity index (χ4v) is 4.65. The molecule has 1 aliphatic heterocycles. The second-order valence-corrected chi connectivity index (χ2v) is 8.61. The van der Waals surface area contributed by atoms with E-state index in [2.05, 4.69) is 0 Å². The van der Waals surface area contributed by atoms with Crippen molar-refractivity contribution in [2.75, 3.05) is 20.8 Å². The number of rotatable bonds is 6. The second kappa shape index (κ2) is 8.83. The molecule has 3 aromatic carbocycles. The Hall–Kier alpha value is -4.26. The van der Waals surface area contributed by atoms with Crippen molar-refractivity contribution in [1.29, 1.82) is 0 Å². The molecule has 7 heteroatoms. The maximum Gasteiger partial charge on any atom is 0.290 e. The molecule has 1 N–H and O–H groups in total. The number of aryl methyl sites for hydroxylation is 1. The lowest BCUT2D eigenvalue weighted by molar-refractivity contribution is 0.0730. The van der Waals surface area contributed by atoms with Crippen molar-refractivity contribution >= 4 is 16.9 Å². The van der Waals surface area contributed by atoms with Crippen LogP contribution in [0.1, 0.15) is 38.9 Å². The average Bonchev–Trinajstić information content (AvgIpc) is 3.15. The molecule has 1 unspecified atom stereocenters. The highest BCUT2D eigenvalue weighted by molar-refractivity contribution is 5.99. The van der Waals surface area contributed by atoms with Crippen LogP contribution in [-0.4, -0.2) is 36.7 Å². The molecule has 7 nitrogen and oxygen atoms in total. The topological polar surface area (TPSA) is 89.2 Å². The predicted octanol–water partition coefficient (Wildman–Crippen LogP) is 4.61. The number of amides is 1. The van der Waals surface area contributed by atoms with Crippen molar-refractivity contribution < 1.29 is 23.8 Å². The summed E-state index contributed by atoms with van der Waals surface area (Å²) in [5, 5.41) is 10.2. The number of benzene rings is 3. The summed E-state index contributed by atoms with van der Waals surface area (Å²) in [7, 11) is 3.15. The number of hydrogen-bond donors (Lipinski definition) is 1. The maximum atomic E-state index is 13.6. The van der Waals surface area contributed by atoms with Gasteiger partial charge in [0, 0.05) is 6.54 Å². The molecule has 0 spiro atoms. The maximum absolute atomic E-state index is 13.6. The number of phenols is 1. The molecule has 0 bridgehead atoms. The van der Waals surface area contributed by atoms with Gasteiger partial charge < -0.3 is 23.9 Å². The number of hydrogen-bond acceptors (Lipinski definition) is 6. The Kier molecular flexibility index (Phi) is 5.68. The minimum Gasteiger partial charge on any atom is -0.508 e. The molecule has 0 radical (unpaired) electrons. The highest BCUT2D eigenvalue weighted by Crippen LogP contribution is 2.39. The first kappa shape index (κ1) is 22.5. The molecule has 5 rings (SSSR count). The van der Waals surface area contributed by atoms with Gasteiger partial charge in [0.1, 0.15) is 11.3 Å². The molecular formula is C28H25NO6. The van der Waals surface area contributed by atoms with E-state index in [9.17, 15) is 14.7 Å². The van der Waals surface area contributed by atoms with Crippen molar-refractivity contribution in [2.45, 2.75) is 19.4 Å². The number of carbonyl (C=O) groups excluding carboxylic acids is 1. The van der Waals surface area contributed by atoms with Crippen LogP contribution >= 0.6 is 0 Å². The number of nitrogens with zero attached hydrogens (tertiary/aromatic N) is 1. The van der Waals surface area contributed by atoms with E-state index in [1.807, 2.05) is 31.2 Å². The van der Waals surface area contributed by atoms with E-state index < -0.39 is 6.04 Å². The Bertz CT molecular complexity index is 1490. The number of methoxy groups -OCH3 is 2. The van der Waals surface area contributed by atoms with Crippen LogP contribution in [0.5, 0.6) is 17.2 Å². The highest BCUT2D eigenvalue weighted by atomic mass is 16.5. The lowest BCUT2D eigenvalue weighted by Crippen LogP contribution is -2.31. The molecule has 178 valence electrons.